The van der Waals surface area contributed by atoms with Crippen LogP contribution in [-0.4, -0.2) is 53.0 Å². The van der Waals surface area contributed by atoms with E-state index in [2.05, 4.69) is 4.90 Å². The fraction of sp³-hybridized carbons (Fsp3) is 0.500. The molecule has 0 aliphatic carbocycles. The number of nitrogens with two attached hydrogens (primary N) is 1. The van der Waals surface area contributed by atoms with Crippen LogP contribution in [0.1, 0.15) is 12.5 Å². The monoisotopic (exact) mass is 335 g/mol. The Bertz CT molecular complexity index is 450. The van der Waals surface area contributed by atoms with Crippen molar-refractivity contribution >= 4 is 30.7 Å². The Kier molecular flexibility index (Phi) is 8.66. The van der Waals surface area contributed by atoms with E-state index in [1.807, 2.05) is 17.0 Å². The Hall–Kier alpha value is -1.01. The molecule has 0 radical (unpaired) electrons. The third kappa shape index (κ3) is 5.71. The van der Waals surface area contributed by atoms with Gasteiger partial charge in [0.15, 0.2) is 0 Å². The molecule has 1 fully saturated rings. The zero-order valence-corrected chi connectivity index (χ0v) is 13.7. The molecule has 5 nitrogen and oxygen atoms in total. The standard InChI is InChI=1S/C14H21N3O2.2ClH/c1-11(15)14(19)17-7-5-16(6-8-17)10-12-3-2-4-13(18)9-12;;/h2-4,9,11,18H,5-8,10,15H2,1H3;2*1H. The fourth-order valence-electron chi connectivity index (χ4n) is 2.33. The lowest BCUT2D eigenvalue weighted by Gasteiger charge is -2.35. The second-order valence-corrected chi connectivity index (χ2v) is 5.06. The fourth-order valence-corrected chi connectivity index (χ4v) is 2.33. The molecule has 120 valence electrons. The topological polar surface area (TPSA) is 69.8 Å². The molecule has 1 heterocycles. The number of phenols is 1. The SMILES string of the molecule is CC(N)C(=O)N1CCN(Cc2cccc(O)c2)CC1.Cl.Cl. The van der Waals surface area contributed by atoms with Crippen LogP contribution in [0.15, 0.2) is 24.3 Å². The molecule has 1 aromatic rings. The number of hydrogen-bond acceptors (Lipinski definition) is 4. The van der Waals surface area contributed by atoms with Gasteiger partial charge in [-0.25, -0.2) is 0 Å². The second kappa shape index (κ2) is 9.10. The Morgan fingerprint density at radius 1 is 1.29 bits per heavy atom. The molecule has 1 atom stereocenters. The van der Waals surface area contributed by atoms with Gasteiger partial charge in [0, 0.05) is 32.7 Å². The van der Waals surface area contributed by atoms with Gasteiger partial charge >= 0.3 is 0 Å². The number of carbonyl (C=O) groups is 1. The molecule has 7 heteroatoms. The zero-order valence-electron chi connectivity index (χ0n) is 12.1. The van der Waals surface area contributed by atoms with Gasteiger partial charge in [0.2, 0.25) is 5.91 Å². The summed E-state index contributed by atoms with van der Waals surface area (Å²) in [5.41, 5.74) is 6.70. The maximum Gasteiger partial charge on any atom is 0.239 e. The average molecular weight is 336 g/mol. The van der Waals surface area contributed by atoms with Crippen LogP contribution < -0.4 is 5.73 Å². The highest BCUT2D eigenvalue weighted by Crippen LogP contribution is 2.14. The van der Waals surface area contributed by atoms with Gasteiger partial charge in [0.1, 0.15) is 5.75 Å². The summed E-state index contributed by atoms with van der Waals surface area (Å²) in [6, 6.07) is 6.87. The van der Waals surface area contributed by atoms with E-state index < -0.39 is 6.04 Å². The van der Waals surface area contributed by atoms with Crippen molar-refractivity contribution in [2.45, 2.75) is 19.5 Å². The maximum atomic E-state index is 11.8. The van der Waals surface area contributed by atoms with Gasteiger partial charge in [-0.3, -0.25) is 9.69 Å². The first-order valence-corrected chi connectivity index (χ1v) is 6.61. The van der Waals surface area contributed by atoms with Crippen LogP contribution in [0.25, 0.3) is 0 Å². The first kappa shape index (κ1) is 20.0. The molecular weight excluding hydrogens is 313 g/mol. The smallest absolute Gasteiger partial charge is 0.239 e. The number of rotatable bonds is 3. The van der Waals surface area contributed by atoms with Crippen molar-refractivity contribution in [1.29, 1.82) is 0 Å². The van der Waals surface area contributed by atoms with Crippen LogP contribution in [0.3, 0.4) is 0 Å². The molecule has 21 heavy (non-hydrogen) atoms. The number of aromatic hydroxyl groups is 1. The predicted octanol–water partition coefficient (Wildman–Crippen LogP) is 1.23. The number of hydrogen-bond donors (Lipinski definition) is 2. The highest BCUT2D eigenvalue weighted by Gasteiger charge is 2.22. The van der Waals surface area contributed by atoms with E-state index >= 15 is 0 Å². The summed E-state index contributed by atoms with van der Waals surface area (Å²) in [4.78, 5) is 15.9. The molecule has 0 aromatic heterocycles. The zero-order chi connectivity index (χ0) is 13.8. The Morgan fingerprint density at radius 2 is 1.90 bits per heavy atom. The van der Waals surface area contributed by atoms with Crippen LogP contribution in [-0.2, 0) is 11.3 Å². The van der Waals surface area contributed by atoms with E-state index in [0.717, 1.165) is 38.3 Å². The molecule has 0 saturated carbocycles. The van der Waals surface area contributed by atoms with Crippen LogP contribution >= 0.6 is 24.8 Å². The third-order valence-corrected chi connectivity index (χ3v) is 3.39. The summed E-state index contributed by atoms with van der Waals surface area (Å²) in [5, 5.41) is 9.43. The lowest BCUT2D eigenvalue weighted by atomic mass is 10.2. The Morgan fingerprint density at radius 3 is 2.43 bits per heavy atom. The summed E-state index contributed by atoms with van der Waals surface area (Å²) >= 11 is 0. The van der Waals surface area contributed by atoms with Gasteiger partial charge < -0.3 is 15.7 Å². The van der Waals surface area contributed by atoms with Crippen molar-refractivity contribution < 1.29 is 9.90 Å². The molecule has 3 N–H and O–H groups in total. The highest BCUT2D eigenvalue weighted by atomic mass is 35.5. The molecule has 0 bridgehead atoms. The minimum absolute atomic E-state index is 0. The summed E-state index contributed by atoms with van der Waals surface area (Å²) in [6.45, 7) is 5.65. The van der Waals surface area contributed by atoms with E-state index in [-0.39, 0.29) is 30.7 Å². The van der Waals surface area contributed by atoms with Crippen molar-refractivity contribution in [3.8, 4) is 5.75 Å². The number of nitrogens with zero attached hydrogens (tertiary/aromatic N) is 2. The molecule has 1 aromatic carbocycles. The lowest BCUT2D eigenvalue weighted by molar-refractivity contribution is -0.134. The minimum atomic E-state index is -0.419. The van der Waals surface area contributed by atoms with Gasteiger partial charge in [0.05, 0.1) is 6.04 Å². The van der Waals surface area contributed by atoms with Crippen LogP contribution in [0, 0.1) is 0 Å². The van der Waals surface area contributed by atoms with Crippen LogP contribution in [0.4, 0.5) is 0 Å². The van der Waals surface area contributed by atoms with Crippen molar-refractivity contribution in [2.75, 3.05) is 26.2 Å². The van der Waals surface area contributed by atoms with Crippen molar-refractivity contribution in [1.82, 2.24) is 9.80 Å². The lowest BCUT2D eigenvalue weighted by Crippen LogP contribution is -2.52. The number of benzene rings is 1. The summed E-state index contributed by atoms with van der Waals surface area (Å²) in [5.74, 6) is 0.320. The number of piperazine rings is 1. The van der Waals surface area contributed by atoms with E-state index in [0.29, 0.717) is 5.75 Å². The van der Waals surface area contributed by atoms with E-state index in [1.54, 1.807) is 19.1 Å². The van der Waals surface area contributed by atoms with Gasteiger partial charge in [-0.15, -0.1) is 24.8 Å². The predicted molar refractivity (Wildman–Crippen MR) is 88.1 cm³/mol. The Labute approximate surface area is 137 Å². The molecule has 1 saturated heterocycles. The van der Waals surface area contributed by atoms with E-state index in [4.69, 9.17) is 5.73 Å². The first-order chi connectivity index (χ1) is 9.06. The largest absolute Gasteiger partial charge is 0.508 e. The minimum Gasteiger partial charge on any atom is -0.508 e. The number of phenolic OH excluding ortho intramolecular Hbond substituents is 1. The highest BCUT2D eigenvalue weighted by molar-refractivity contribution is 5.85. The summed E-state index contributed by atoms with van der Waals surface area (Å²) in [6.07, 6.45) is 0. The van der Waals surface area contributed by atoms with Crippen molar-refractivity contribution in [3.05, 3.63) is 29.8 Å². The second-order valence-electron chi connectivity index (χ2n) is 5.06. The molecule has 1 aliphatic heterocycles. The first-order valence-electron chi connectivity index (χ1n) is 6.61. The number of amides is 1. The van der Waals surface area contributed by atoms with Gasteiger partial charge in [-0.1, -0.05) is 12.1 Å². The molecule has 0 spiro atoms. The van der Waals surface area contributed by atoms with Crippen molar-refractivity contribution in [2.24, 2.45) is 5.73 Å². The average Bonchev–Trinajstić information content (AvgIpc) is 2.39. The van der Waals surface area contributed by atoms with Gasteiger partial charge in [-0.05, 0) is 24.6 Å². The number of halogens is 2. The van der Waals surface area contributed by atoms with E-state index in [9.17, 15) is 9.90 Å². The van der Waals surface area contributed by atoms with Gasteiger partial charge in [-0.2, -0.15) is 0 Å². The molecular formula is C14H23Cl2N3O2. The van der Waals surface area contributed by atoms with Crippen LogP contribution in [0.2, 0.25) is 0 Å². The number of carbonyl (C=O) groups excluding carboxylic acids is 1. The molecule has 1 aliphatic rings. The van der Waals surface area contributed by atoms with Crippen molar-refractivity contribution in [3.63, 3.8) is 0 Å². The summed E-state index contributed by atoms with van der Waals surface area (Å²) in [7, 11) is 0. The quantitative estimate of drug-likeness (QED) is 0.871. The molecule has 2 rings (SSSR count). The third-order valence-electron chi connectivity index (χ3n) is 3.39. The summed E-state index contributed by atoms with van der Waals surface area (Å²) < 4.78 is 0. The normalized spacial score (nSPS) is 16.6. The Balaban J connectivity index is 0.00000200. The van der Waals surface area contributed by atoms with E-state index in [1.165, 1.54) is 0 Å². The molecule has 1 amide bonds. The van der Waals surface area contributed by atoms with Crippen LogP contribution in [0.5, 0.6) is 5.75 Å². The molecule has 1 unspecified atom stereocenters. The maximum absolute atomic E-state index is 11.8. The van der Waals surface area contributed by atoms with Gasteiger partial charge in [0.25, 0.3) is 0 Å².